The maximum Gasteiger partial charge on any atom is 0.258 e. The highest BCUT2D eigenvalue weighted by Crippen LogP contribution is 2.45. The molecule has 1 amide bonds. The number of amides is 1. The molecule has 2 aromatic carbocycles. The van der Waals surface area contributed by atoms with Crippen molar-refractivity contribution in [1.82, 2.24) is 10.2 Å². The number of fused-ring (bicyclic) bond motifs is 1. The predicted molar refractivity (Wildman–Crippen MR) is 114 cm³/mol. The van der Waals surface area contributed by atoms with Crippen LogP contribution in [0.25, 0.3) is 0 Å². The van der Waals surface area contributed by atoms with Crippen molar-refractivity contribution < 1.29 is 14.3 Å². The van der Waals surface area contributed by atoms with Crippen LogP contribution in [-0.2, 0) is 4.79 Å². The number of benzene rings is 2. The fourth-order valence-electron chi connectivity index (χ4n) is 3.93. The molecule has 2 aliphatic rings. The highest BCUT2D eigenvalue weighted by atomic mass is 35.5. The van der Waals surface area contributed by atoms with E-state index in [2.05, 4.69) is 10.2 Å². The Balaban J connectivity index is 1.08. The highest BCUT2D eigenvalue weighted by Gasteiger charge is 2.56. The van der Waals surface area contributed by atoms with Gasteiger partial charge in [0.25, 0.3) is 5.91 Å². The average molecular weight is 435 g/mol. The number of carbonyl (C=O) groups is 1. The molecule has 4 rings (SSSR count). The zero-order valence-electron chi connectivity index (χ0n) is 16.0. The second-order valence-electron chi connectivity index (χ2n) is 7.58. The van der Waals surface area contributed by atoms with Crippen LogP contribution in [0.2, 0.25) is 10.0 Å². The molecular formula is C22H24Cl2N2O3. The maximum absolute atomic E-state index is 12.1. The van der Waals surface area contributed by atoms with Crippen LogP contribution in [0.5, 0.6) is 11.5 Å². The molecule has 1 saturated heterocycles. The van der Waals surface area contributed by atoms with Crippen molar-refractivity contribution >= 4 is 29.1 Å². The number of nitrogens with one attached hydrogen (secondary N) is 1. The first kappa shape index (κ1) is 20.3. The molecule has 0 radical (unpaired) electrons. The number of likely N-dealkylation sites (tertiary alicyclic amines) is 1. The van der Waals surface area contributed by atoms with Crippen LogP contribution in [0.4, 0.5) is 0 Å². The Morgan fingerprint density at radius 2 is 1.48 bits per heavy atom. The lowest BCUT2D eigenvalue weighted by molar-refractivity contribution is -0.123. The molecule has 1 N–H and O–H groups in total. The zero-order valence-corrected chi connectivity index (χ0v) is 17.5. The normalized spacial score (nSPS) is 22.8. The lowest BCUT2D eigenvalue weighted by Gasteiger charge is -2.20. The third-order valence-corrected chi connectivity index (χ3v) is 5.99. The van der Waals surface area contributed by atoms with Gasteiger partial charge in [-0.1, -0.05) is 23.2 Å². The molecule has 0 bridgehead atoms. The zero-order chi connectivity index (χ0) is 20.2. The molecule has 2 atom stereocenters. The number of nitrogens with zero attached hydrogens (tertiary/aromatic N) is 1. The van der Waals surface area contributed by atoms with Gasteiger partial charge in [-0.05, 0) is 66.8 Å². The van der Waals surface area contributed by atoms with Crippen molar-refractivity contribution in [3.05, 3.63) is 58.6 Å². The largest absolute Gasteiger partial charge is 0.494 e. The molecule has 7 heteroatoms. The van der Waals surface area contributed by atoms with E-state index in [4.69, 9.17) is 32.7 Å². The summed E-state index contributed by atoms with van der Waals surface area (Å²) in [6.07, 6.45) is 0.980. The Labute approximate surface area is 180 Å². The van der Waals surface area contributed by atoms with Crippen LogP contribution in [-0.4, -0.2) is 49.7 Å². The number of rotatable bonds is 9. The Morgan fingerprint density at radius 3 is 2.07 bits per heavy atom. The molecule has 29 heavy (non-hydrogen) atoms. The van der Waals surface area contributed by atoms with Crippen LogP contribution in [0.1, 0.15) is 6.42 Å². The summed E-state index contributed by atoms with van der Waals surface area (Å²) in [4.78, 5) is 14.6. The van der Waals surface area contributed by atoms with Crippen molar-refractivity contribution in [3.8, 4) is 11.5 Å². The van der Waals surface area contributed by atoms with E-state index in [-0.39, 0.29) is 18.6 Å². The smallest absolute Gasteiger partial charge is 0.258 e. The quantitative estimate of drug-likeness (QED) is 0.608. The number of hydrogen-bond acceptors (Lipinski definition) is 4. The molecule has 2 fully saturated rings. The molecular weight excluding hydrogens is 411 g/mol. The average Bonchev–Trinajstić information content (AvgIpc) is 3.15. The molecule has 1 heterocycles. The van der Waals surface area contributed by atoms with Gasteiger partial charge >= 0.3 is 0 Å². The fraction of sp³-hybridized carbons (Fsp3) is 0.409. The van der Waals surface area contributed by atoms with E-state index in [0.717, 1.165) is 31.8 Å². The van der Waals surface area contributed by atoms with E-state index in [1.54, 1.807) is 24.3 Å². The van der Waals surface area contributed by atoms with Crippen molar-refractivity contribution in [2.24, 2.45) is 11.8 Å². The molecule has 0 aromatic heterocycles. The number of piperidine rings is 1. The van der Waals surface area contributed by atoms with E-state index in [9.17, 15) is 4.79 Å². The number of carbonyl (C=O) groups excluding carboxylic acids is 1. The third-order valence-electron chi connectivity index (χ3n) is 5.48. The summed E-state index contributed by atoms with van der Waals surface area (Å²) in [5, 5.41) is 4.46. The molecule has 2 unspecified atom stereocenters. The molecule has 1 aliphatic carbocycles. The summed E-state index contributed by atoms with van der Waals surface area (Å²) in [5.41, 5.74) is 0. The second-order valence-corrected chi connectivity index (χ2v) is 8.45. The van der Waals surface area contributed by atoms with Crippen LogP contribution in [0.15, 0.2) is 48.5 Å². The van der Waals surface area contributed by atoms with E-state index in [1.807, 2.05) is 24.3 Å². The summed E-state index contributed by atoms with van der Waals surface area (Å²) >= 11 is 11.7. The van der Waals surface area contributed by atoms with Gasteiger partial charge in [0.1, 0.15) is 11.5 Å². The van der Waals surface area contributed by atoms with E-state index in [0.29, 0.717) is 34.2 Å². The minimum absolute atomic E-state index is 0.0311. The van der Waals surface area contributed by atoms with Gasteiger partial charge in [0, 0.05) is 35.7 Å². The summed E-state index contributed by atoms with van der Waals surface area (Å²) < 4.78 is 11.2. The third kappa shape index (κ3) is 5.56. The van der Waals surface area contributed by atoms with Crippen molar-refractivity contribution in [1.29, 1.82) is 0 Å². The van der Waals surface area contributed by atoms with Gasteiger partial charge in [0.15, 0.2) is 6.61 Å². The van der Waals surface area contributed by atoms with Gasteiger partial charge in [-0.3, -0.25) is 4.79 Å². The fourth-order valence-corrected chi connectivity index (χ4v) is 4.18. The Morgan fingerprint density at radius 1 is 0.931 bits per heavy atom. The number of halogens is 2. The van der Waals surface area contributed by atoms with Crippen molar-refractivity contribution in [2.75, 3.05) is 32.8 Å². The molecule has 154 valence electrons. The lowest BCUT2D eigenvalue weighted by Crippen LogP contribution is -2.37. The first-order valence-electron chi connectivity index (χ1n) is 9.87. The predicted octanol–water partition coefficient (Wildman–Crippen LogP) is 3.89. The van der Waals surface area contributed by atoms with Gasteiger partial charge in [-0.25, -0.2) is 0 Å². The monoisotopic (exact) mass is 434 g/mol. The Hall–Kier alpha value is -1.95. The minimum atomic E-state index is -0.0673. The van der Waals surface area contributed by atoms with Gasteiger partial charge in [-0.15, -0.1) is 0 Å². The van der Waals surface area contributed by atoms with Crippen LogP contribution in [0, 0.1) is 11.8 Å². The molecule has 1 saturated carbocycles. The summed E-state index contributed by atoms with van der Waals surface area (Å²) in [6.45, 7) is 3.81. The van der Waals surface area contributed by atoms with Gasteiger partial charge in [0.2, 0.25) is 0 Å². The van der Waals surface area contributed by atoms with Crippen LogP contribution < -0.4 is 14.8 Å². The summed E-state index contributed by atoms with van der Waals surface area (Å²) in [5.74, 6) is 2.55. The van der Waals surface area contributed by atoms with Gasteiger partial charge in [-0.2, -0.15) is 0 Å². The maximum atomic E-state index is 12.1. The van der Waals surface area contributed by atoms with Crippen molar-refractivity contribution in [3.63, 3.8) is 0 Å². The standard InChI is InChI=1S/C22H24Cl2N2O3/c23-15-2-6-17(7-3-15)28-11-1-10-26-12-19-20(13-26)22(19)25-21(27)14-29-18-8-4-16(24)5-9-18/h2-9,19-20,22H,1,10-14H2,(H,25,27). The van der Waals surface area contributed by atoms with E-state index < -0.39 is 0 Å². The summed E-state index contributed by atoms with van der Waals surface area (Å²) in [6, 6.07) is 14.7. The number of ether oxygens (including phenoxy) is 2. The first-order chi connectivity index (χ1) is 14.1. The lowest BCUT2D eigenvalue weighted by atomic mass is 10.3. The minimum Gasteiger partial charge on any atom is -0.494 e. The molecule has 0 spiro atoms. The topological polar surface area (TPSA) is 50.8 Å². The van der Waals surface area contributed by atoms with Crippen LogP contribution in [0.3, 0.4) is 0 Å². The SMILES string of the molecule is O=C(COc1ccc(Cl)cc1)NC1C2CN(CCCOc3ccc(Cl)cc3)CC21. The van der Waals surface area contributed by atoms with E-state index in [1.165, 1.54) is 0 Å². The van der Waals surface area contributed by atoms with Gasteiger partial charge < -0.3 is 19.7 Å². The molecule has 2 aromatic rings. The van der Waals surface area contributed by atoms with Gasteiger partial charge in [0.05, 0.1) is 6.61 Å². The van der Waals surface area contributed by atoms with Crippen molar-refractivity contribution in [2.45, 2.75) is 12.5 Å². The Bertz CT molecular complexity index is 817. The second kappa shape index (κ2) is 9.24. The Kier molecular flexibility index (Phi) is 6.48. The van der Waals surface area contributed by atoms with E-state index >= 15 is 0 Å². The molecule has 1 aliphatic heterocycles. The highest BCUT2D eigenvalue weighted by molar-refractivity contribution is 6.30. The number of hydrogen-bond donors (Lipinski definition) is 1. The molecule has 5 nitrogen and oxygen atoms in total. The summed E-state index contributed by atoms with van der Waals surface area (Å²) in [7, 11) is 0. The van der Waals surface area contributed by atoms with Crippen LogP contribution >= 0.6 is 23.2 Å². The first-order valence-corrected chi connectivity index (χ1v) is 10.6.